The molecule has 9 heteroatoms. The van der Waals surface area contributed by atoms with Crippen LogP contribution < -0.4 is 20.5 Å². The lowest BCUT2D eigenvalue weighted by molar-refractivity contribution is 0.0384. The maximum Gasteiger partial charge on any atom is 0.249 e. The van der Waals surface area contributed by atoms with Gasteiger partial charge in [-0.25, -0.2) is 14.4 Å². The molecule has 2 N–H and O–H groups in total. The van der Waals surface area contributed by atoms with Crippen LogP contribution in [0, 0.1) is 6.92 Å². The fraction of sp³-hybridized carbons (Fsp3) is 0.276. The van der Waals surface area contributed by atoms with E-state index in [4.69, 9.17) is 9.47 Å². The second-order valence-corrected chi connectivity index (χ2v) is 9.62. The molecule has 38 heavy (non-hydrogen) atoms. The summed E-state index contributed by atoms with van der Waals surface area (Å²) in [5.74, 6) is 2.00. The van der Waals surface area contributed by atoms with Crippen molar-refractivity contribution in [2.75, 3.05) is 36.6 Å². The highest BCUT2D eigenvalue weighted by atomic mass is 19.1. The molecule has 2 aliphatic heterocycles. The predicted octanol–water partition coefficient (Wildman–Crippen LogP) is 4.87. The quantitative estimate of drug-likeness (QED) is 0.335. The van der Waals surface area contributed by atoms with Crippen molar-refractivity contribution >= 4 is 11.4 Å². The average Bonchev–Trinajstić information content (AvgIpc) is 2.95. The second kappa shape index (κ2) is 10.3. The van der Waals surface area contributed by atoms with Crippen molar-refractivity contribution < 1.29 is 13.9 Å². The molecule has 2 atom stereocenters. The number of para-hydroxylation sites is 1. The smallest absolute Gasteiger partial charge is 0.249 e. The van der Waals surface area contributed by atoms with Crippen molar-refractivity contribution in [2.24, 2.45) is 0 Å². The Morgan fingerprint density at radius 2 is 2.03 bits per heavy atom. The van der Waals surface area contributed by atoms with Crippen molar-refractivity contribution in [1.82, 2.24) is 15.0 Å². The topological polar surface area (TPSA) is 92.4 Å². The number of fused-ring (bicyclic) bond motifs is 2. The molecule has 8 nitrogen and oxygen atoms in total. The number of H-pyrrole nitrogens is 1. The van der Waals surface area contributed by atoms with Gasteiger partial charge >= 0.3 is 0 Å². The third kappa shape index (κ3) is 4.84. The first-order chi connectivity index (χ1) is 18.6. The molecular weight excluding hydrogens is 485 g/mol. The summed E-state index contributed by atoms with van der Waals surface area (Å²) in [5.41, 5.74) is 5.52. The van der Waals surface area contributed by atoms with E-state index in [0.29, 0.717) is 31.9 Å². The highest BCUT2D eigenvalue weighted by Gasteiger charge is 2.29. The highest BCUT2D eigenvalue weighted by molar-refractivity contribution is 5.59. The Morgan fingerprint density at radius 1 is 1.16 bits per heavy atom. The number of aryl methyl sites for hydroxylation is 1. The molecule has 2 aliphatic rings. The normalized spacial score (nSPS) is 17.2. The lowest BCUT2D eigenvalue weighted by atomic mass is 9.95. The number of pyridine rings is 1. The molecule has 4 heterocycles. The minimum absolute atomic E-state index is 0.124. The molecule has 6 rings (SSSR count). The van der Waals surface area contributed by atoms with Crippen LogP contribution in [0.15, 0.2) is 71.9 Å². The summed E-state index contributed by atoms with van der Waals surface area (Å²) in [6.45, 7) is 3.15. The lowest BCUT2D eigenvalue weighted by Crippen LogP contribution is -2.39. The molecule has 0 spiro atoms. The summed E-state index contributed by atoms with van der Waals surface area (Å²) in [6, 6.07) is 14.8. The third-order valence-corrected chi connectivity index (χ3v) is 6.93. The molecule has 0 radical (unpaired) electrons. The summed E-state index contributed by atoms with van der Waals surface area (Å²) in [4.78, 5) is 25.2. The number of benzene rings is 2. The van der Waals surface area contributed by atoms with Gasteiger partial charge in [-0.05, 0) is 42.3 Å². The monoisotopic (exact) mass is 513 g/mol. The zero-order valence-electron chi connectivity index (χ0n) is 21.0. The Bertz CT molecular complexity index is 1510. The molecule has 0 bridgehead atoms. The van der Waals surface area contributed by atoms with Crippen molar-refractivity contribution in [1.29, 1.82) is 0 Å². The van der Waals surface area contributed by atoms with Crippen LogP contribution in [0.3, 0.4) is 0 Å². The molecule has 2 unspecified atom stereocenters. The molecule has 0 amide bonds. The fourth-order valence-corrected chi connectivity index (χ4v) is 5.00. The van der Waals surface area contributed by atoms with E-state index in [1.165, 1.54) is 0 Å². The molecule has 0 aliphatic carbocycles. The number of hydrogen-bond acceptors (Lipinski definition) is 7. The van der Waals surface area contributed by atoms with Crippen LogP contribution in [0.4, 0.5) is 15.8 Å². The number of alkyl halides is 1. The van der Waals surface area contributed by atoms with Gasteiger partial charge in [0.15, 0.2) is 5.82 Å². The van der Waals surface area contributed by atoms with Crippen molar-refractivity contribution in [3.63, 3.8) is 0 Å². The Kier molecular flexibility index (Phi) is 6.51. The predicted molar refractivity (Wildman–Crippen MR) is 143 cm³/mol. The number of hydrogen-bond donors (Lipinski definition) is 2. The van der Waals surface area contributed by atoms with E-state index in [-0.39, 0.29) is 11.7 Å². The van der Waals surface area contributed by atoms with Gasteiger partial charge in [0.05, 0.1) is 6.61 Å². The lowest BCUT2D eigenvalue weighted by Gasteiger charge is -2.36. The van der Waals surface area contributed by atoms with Gasteiger partial charge in [0, 0.05) is 66.7 Å². The molecule has 4 aromatic rings. The number of rotatable bonds is 6. The van der Waals surface area contributed by atoms with Gasteiger partial charge < -0.3 is 24.7 Å². The number of aromatic amines is 1. The van der Waals surface area contributed by atoms with Gasteiger partial charge in [0.2, 0.25) is 5.56 Å². The molecule has 1 fully saturated rings. The van der Waals surface area contributed by atoms with Crippen LogP contribution in [0.25, 0.3) is 0 Å². The Morgan fingerprint density at radius 3 is 2.84 bits per heavy atom. The minimum atomic E-state index is -0.636. The zero-order valence-corrected chi connectivity index (χ0v) is 21.0. The van der Waals surface area contributed by atoms with E-state index in [0.717, 1.165) is 45.1 Å². The highest BCUT2D eigenvalue weighted by Crippen LogP contribution is 2.43. The maximum absolute atomic E-state index is 13.8. The number of anilines is 2. The number of nitrogens with one attached hydrogen (secondary N) is 2. The number of ether oxygens (including phenoxy) is 2. The Balaban J connectivity index is 1.22. The number of nitrogens with zero attached hydrogens (tertiary/aromatic N) is 3. The van der Waals surface area contributed by atoms with Crippen LogP contribution >= 0.6 is 0 Å². The summed E-state index contributed by atoms with van der Waals surface area (Å²) in [5, 5.41) is 3.22. The van der Waals surface area contributed by atoms with Gasteiger partial charge in [-0.3, -0.25) is 4.79 Å². The summed E-state index contributed by atoms with van der Waals surface area (Å²) >= 11 is 0. The summed E-state index contributed by atoms with van der Waals surface area (Å²) in [7, 11) is 0. The molecule has 2 aromatic carbocycles. The van der Waals surface area contributed by atoms with Gasteiger partial charge in [0.25, 0.3) is 0 Å². The van der Waals surface area contributed by atoms with Gasteiger partial charge in [-0.15, -0.1) is 0 Å². The number of morpholine rings is 1. The Hall–Kier alpha value is -4.24. The number of halogens is 1. The molecule has 1 saturated heterocycles. The van der Waals surface area contributed by atoms with Crippen LogP contribution in [0.2, 0.25) is 0 Å². The zero-order chi connectivity index (χ0) is 26.1. The van der Waals surface area contributed by atoms with Crippen molar-refractivity contribution in [3.05, 3.63) is 106 Å². The van der Waals surface area contributed by atoms with Crippen molar-refractivity contribution in [2.45, 2.75) is 25.5 Å². The first-order valence-corrected chi connectivity index (χ1v) is 12.7. The first-order valence-electron chi connectivity index (χ1n) is 12.7. The Labute approximate surface area is 219 Å². The van der Waals surface area contributed by atoms with Crippen LogP contribution in [0.1, 0.15) is 40.2 Å². The van der Waals surface area contributed by atoms with Crippen LogP contribution in [0.5, 0.6) is 11.5 Å². The summed E-state index contributed by atoms with van der Waals surface area (Å²) < 4.78 is 26.4. The van der Waals surface area contributed by atoms with E-state index in [1.54, 1.807) is 24.7 Å². The number of aromatic nitrogens is 3. The van der Waals surface area contributed by atoms with E-state index in [2.05, 4.69) is 31.2 Å². The molecule has 0 saturated carbocycles. The minimum Gasteiger partial charge on any atom is -0.456 e. The molecule has 194 valence electrons. The second-order valence-electron chi connectivity index (χ2n) is 9.62. The van der Waals surface area contributed by atoms with E-state index in [1.807, 2.05) is 43.3 Å². The first kappa shape index (κ1) is 24.1. The van der Waals surface area contributed by atoms with Crippen LogP contribution in [-0.4, -0.2) is 41.3 Å². The average molecular weight is 514 g/mol. The van der Waals surface area contributed by atoms with E-state index < -0.39 is 12.7 Å². The third-order valence-electron chi connectivity index (χ3n) is 6.93. The van der Waals surface area contributed by atoms with Crippen molar-refractivity contribution in [3.8, 4) is 11.5 Å². The fourth-order valence-electron chi connectivity index (χ4n) is 5.00. The molecule has 2 aromatic heterocycles. The van der Waals surface area contributed by atoms with Crippen LogP contribution in [-0.2, 0) is 11.2 Å². The molecular formula is C29H28FN5O3. The maximum atomic E-state index is 13.8. The summed E-state index contributed by atoms with van der Waals surface area (Å²) in [6.07, 6.45) is 5.53. The van der Waals surface area contributed by atoms with E-state index in [9.17, 15) is 9.18 Å². The van der Waals surface area contributed by atoms with Gasteiger partial charge in [-0.2, -0.15) is 0 Å². The largest absolute Gasteiger partial charge is 0.456 e. The standard InChI is InChI=1S/C29H28FN5O3/c1-18-15-32-29(33-16-18)24(14-30)34-21-5-6-25-20(12-21)11-19-3-2-4-23(28(19)38-25)26-17-35(9-10-37-26)22-7-8-31-27(36)13-22/h2-8,12-13,15-16,24,26,34H,9-11,14,17H2,1H3,(H,31,36). The van der Waals surface area contributed by atoms with Gasteiger partial charge in [-0.1, -0.05) is 18.2 Å². The van der Waals surface area contributed by atoms with E-state index >= 15 is 0 Å². The van der Waals surface area contributed by atoms with Gasteiger partial charge in [0.1, 0.15) is 30.3 Å². The SMILES string of the molecule is Cc1cnc(C(CF)Nc2ccc3c(c2)Cc2cccc(C4CN(c5cc[nH]c(=O)c5)CCO4)c2O3)nc1.